The van der Waals surface area contributed by atoms with Gasteiger partial charge in [-0.1, -0.05) is 11.3 Å². The number of ether oxygens (including phenoxy) is 1. The number of nitrogens with one attached hydrogen (secondary N) is 2. The van der Waals surface area contributed by atoms with Crippen LogP contribution in [0.15, 0.2) is 0 Å². The largest absolute Gasteiger partial charge is 0.382 e. The molecule has 6 nitrogen and oxygen atoms in total. The van der Waals surface area contributed by atoms with Crippen molar-refractivity contribution in [3.8, 4) is 0 Å². The van der Waals surface area contributed by atoms with E-state index >= 15 is 0 Å². The van der Waals surface area contributed by atoms with Crippen LogP contribution in [0.4, 0.5) is 10.9 Å². The first-order valence-electron chi connectivity index (χ1n) is 6.09. The van der Waals surface area contributed by atoms with Crippen molar-refractivity contribution in [1.29, 1.82) is 0 Å². The van der Waals surface area contributed by atoms with Crippen LogP contribution in [0, 0.1) is 0 Å². The van der Waals surface area contributed by atoms with E-state index < -0.39 is 0 Å². The minimum absolute atomic E-state index is 0.0790. The Morgan fingerprint density at radius 1 is 1.67 bits per heavy atom. The van der Waals surface area contributed by atoms with Gasteiger partial charge in [0.05, 0.1) is 12.6 Å². The standard InChI is InChI=1S/C11H18N4O2S/c1-2-13-11-15-9(12)8(18-11)10(16)14-7-4-3-5-17-6-7/h7H,2-6,12H2,1H3,(H,13,15)(H,14,16). The number of amides is 1. The van der Waals surface area contributed by atoms with Gasteiger partial charge in [-0.05, 0) is 19.8 Å². The molecule has 100 valence electrons. The average Bonchev–Trinajstić information content (AvgIpc) is 2.72. The molecular formula is C11H18N4O2S. The van der Waals surface area contributed by atoms with Crippen LogP contribution < -0.4 is 16.4 Å². The summed E-state index contributed by atoms with van der Waals surface area (Å²) in [6.45, 7) is 4.07. The summed E-state index contributed by atoms with van der Waals surface area (Å²) < 4.78 is 5.32. The fourth-order valence-electron chi connectivity index (χ4n) is 1.83. The minimum atomic E-state index is -0.162. The third-order valence-electron chi connectivity index (χ3n) is 2.68. The first-order valence-corrected chi connectivity index (χ1v) is 6.91. The Kier molecular flexibility index (Phi) is 4.38. The molecule has 7 heteroatoms. The number of hydrogen-bond donors (Lipinski definition) is 3. The van der Waals surface area contributed by atoms with Gasteiger partial charge in [-0.15, -0.1) is 0 Å². The van der Waals surface area contributed by atoms with Gasteiger partial charge in [0.25, 0.3) is 5.91 Å². The van der Waals surface area contributed by atoms with Crippen molar-refractivity contribution in [3.05, 3.63) is 4.88 Å². The number of anilines is 2. The van der Waals surface area contributed by atoms with Crippen LogP contribution in [0.5, 0.6) is 0 Å². The molecule has 18 heavy (non-hydrogen) atoms. The monoisotopic (exact) mass is 270 g/mol. The number of carbonyl (C=O) groups excluding carboxylic acids is 1. The molecule has 0 aromatic carbocycles. The second-order valence-corrected chi connectivity index (χ2v) is 5.15. The highest BCUT2D eigenvalue weighted by atomic mass is 32.1. The van der Waals surface area contributed by atoms with E-state index in [1.165, 1.54) is 11.3 Å². The van der Waals surface area contributed by atoms with Crippen molar-refractivity contribution in [2.24, 2.45) is 0 Å². The van der Waals surface area contributed by atoms with Gasteiger partial charge in [0, 0.05) is 13.2 Å². The Balaban J connectivity index is 1.99. The average molecular weight is 270 g/mol. The summed E-state index contributed by atoms with van der Waals surface area (Å²) >= 11 is 1.28. The summed E-state index contributed by atoms with van der Waals surface area (Å²) in [5.74, 6) is 0.120. The molecule has 4 N–H and O–H groups in total. The molecule has 0 spiro atoms. The van der Waals surface area contributed by atoms with E-state index in [1.807, 2.05) is 6.92 Å². The molecule has 1 aliphatic rings. The number of nitrogens with two attached hydrogens (primary N) is 1. The lowest BCUT2D eigenvalue weighted by Crippen LogP contribution is -2.40. The molecule has 0 radical (unpaired) electrons. The van der Waals surface area contributed by atoms with E-state index in [-0.39, 0.29) is 17.8 Å². The summed E-state index contributed by atoms with van der Waals surface area (Å²) in [7, 11) is 0. The van der Waals surface area contributed by atoms with Gasteiger partial charge < -0.3 is 21.1 Å². The Morgan fingerprint density at radius 2 is 2.50 bits per heavy atom. The van der Waals surface area contributed by atoms with Gasteiger partial charge in [-0.2, -0.15) is 0 Å². The molecule has 1 unspecified atom stereocenters. The predicted octanol–water partition coefficient (Wildman–Crippen LogP) is 1.07. The van der Waals surface area contributed by atoms with E-state index in [0.717, 1.165) is 26.0 Å². The number of aromatic nitrogens is 1. The summed E-state index contributed by atoms with van der Waals surface area (Å²) in [6.07, 6.45) is 1.93. The molecule has 1 atom stereocenters. The number of thiazole rings is 1. The van der Waals surface area contributed by atoms with Crippen LogP contribution in [0.3, 0.4) is 0 Å². The maximum absolute atomic E-state index is 12.0. The first-order chi connectivity index (χ1) is 8.70. The molecule has 1 amide bonds. The van der Waals surface area contributed by atoms with Crippen molar-refractivity contribution in [1.82, 2.24) is 10.3 Å². The van der Waals surface area contributed by atoms with Crippen LogP contribution >= 0.6 is 11.3 Å². The van der Waals surface area contributed by atoms with Gasteiger partial charge >= 0.3 is 0 Å². The fraction of sp³-hybridized carbons (Fsp3) is 0.636. The molecular weight excluding hydrogens is 252 g/mol. The predicted molar refractivity (Wildman–Crippen MR) is 72.0 cm³/mol. The molecule has 0 saturated carbocycles. The molecule has 2 heterocycles. The molecule has 2 rings (SSSR count). The zero-order valence-corrected chi connectivity index (χ0v) is 11.2. The third-order valence-corrected chi connectivity index (χ3v) is 3.71. The number of hydrogen-bond acceptors (Lipinski definition) is 6. The van der Waals surface area contributed by atoms with Gasteiger partial charge in [0.2, 0.25) is 0 Å². The number of nitrogen functional groups attached to an aromatic ring is 1. The van der Waals surface area contributed by atoms with Crippen molar-refractivity contribution >= 4 is 28.2 Å². The topological polar surface area (TPSA) is 89.3 Å². The van der Waals surface area contributed by atoms with E-state index in [2.05, 4.69) is 15.6 Å². The summed E-state index contributed by atoms with van der Waals surface area (Å²) in [4.78, 5) is 16.6. The zero-order chi connectivity index (χ0) is 13.0. The van der Waals surface area contributed by atoms with Crippen LogP contribution in [-0.2, 0) is 4.74 Å². The first kappa shape index (κ1) is 13.1. The Labute approximate surface area is 110 Å². The zero-order valence-electron chi connectivity index (χ0n) is 10.4. The molecule has 0 aliphatic carbocycles. The molecule has 1 aromatic heterocycles. The van der Waals surface area contributed by atoms with Crippen LogP contribution in [0.2, 0.25) is 0 Å². The SMILES string of the molecule is CCNc1nc(N)c(C(=O)NC2CCCOC2)s1. The van der Waals surface area contributed by atoms with Crippen molar-refractivity contribution in [3.63, 3.8) is 0 Å². The summed E-state index contributed by atoms with van der Waals surface area (Å²) in [6, 6.07) is 0.0790. The van der Waals surface area contributed by atoms with Gasteiger partial charge in [-0.3, -0.25) is 4.79 Å². The van der Waals surface area contributed by atoms with E-state index in [4.69, 9.17) is 10.5 Å². The highest BCUT2D eigenvalue weighted by Gasteiger charge is 2.21. The lowest BCUT2D eigenvalue weighted by molar-refractivity contribution is 0.0626. The summed E-state index contributed by atoms with van der Waals surface area (Å²) in [5.41, 5.74) is 5.74. The highest BCUT2D eigenvalue weighted by Crippen LogP contribution is 2.24. The summed E-state index contributed by atoms with van der Waals surface area (Å²) in [5, 5.41) is 6.66. The van der Waals surface area contributed by atoms with Gasteiger partial charge in [0.1, 0.15) is 10.7 Å². The molecule has 1 saturated heterocycles. The van der Waals surface area contributed by atoms with Gasteiger partial charge in [0.15, 0.2) is 5.13 Å². The van der Waals surface area contributed by atoms with Crippen molar-refractivity contribution in [2.75, 3.05) is 30.8 Å². The van der Waals surface area contributed by atoms with Gasteiger partial charge in [-0.25, -0.2) is 4.98 Å². The van der Waals surface area contributed by atoms with E-state index in [9.17, 15) is 4.79 Å². The Hall–Kier alpha value is -1.34. The quantitative estimate of drug-likeness (QED) is 0.761. The van der Waals surface area contributed by atoms with Crippen molar-refractivity contribution < 1.29 is 9.53 Å². The normalized spacial score (nSPS) is 19.5. The second kappa shape index (κ2) is 6.01. The number of rotatable bonds is 4. The molecule has 0 bridgehead atoms. The van der Waals surface area contributed by atoms with Crippen LogP contribution in [0.1, 0.15) is 29.4 Å². The smallest absolute Gasteiger partial charge is 0.265 e. The molecule has 1 aliphatic heterocycles. The van der Waals surface area contributed by atoms with E-state index in [1.54, 1.807) is 0 Å². The highest BCUT2D eigenvalue weighted by molar-refractivity contribution is 7.18. The fourth-order valence-corrected chi connectivity index (χ4v) is 2.68. The number of nitrogens with zero attached hydrogens (tertiary/aromatic N) is 1. The lowest BCUT2D eigenvalue weighted by atomic mass is 10.1. The molecule has 1 fully saturated rings. The Bertz CT molecular complexity index is 415. The molecule has 1 aromatic rings. The lowest BCUT2D eigenvalue weighted by Gasteiger charge is -2.22. The van der Waals surface area contributed by atoms with Crippen LogP contribution in [0.25, 0.3) is 0 Å². The maximum Gasteiger partial charge on any atom is 0.265 e. The third kappa shape index (κ3) is 3.11. The Morgan fingerprint density at radius 3 is 3.17 bits per heavy atom. The van der Waals surface area contributed by atoms with Crippen molar-refractivity contribution in [2.45, 2.75) is 25.8 Å². The maximum atomic E-state index is 12.0. The van der Waals surface area contributed by atoms with E-state index in [0.29, 0.717) is 16.6 Å². The number of carbonyl (C=O) groups is 1. The van der Waals surface area contributed by atoms with Crippen LogP contribution in [-0.4, -0.2) is 36.7 Å². The minimum Gasteiger partial charge on any atom is -0.382 e. The second-order valence-electron chi connectivity index (χ2n) is 4.15.